The van der Waals surface area contributed by atoms with E-state index in [0.29, 0.717) is 5.56 Å². The molecule has 0 bridgehead atoms. The quantitative estimate of drug-likeness (QED) is 0.676. The summed E-state index contributed by atoms with van der Waals surface area (Å²) in [7, 11) is 0. The van der Waals surface area contributed by atoms with Crippen LogP contribution in [0.5, 0.6) is 0 Å². The summed E-state index contributed by atoms with van der Waals surface area (Å²) < 4.78 is 14.5. The summed E-state index contributed by atoms with van der Waals surface area (Å²) in [6, 6.07) is 8.74. The number of aromatic nitrogens is 1. The molecule has 3 N–H and O–H groups in total. The van der Waals surface area contributed by atoms with Gasteiger partial charge in [0.25, 0.3) is 0 Å². The first kappa shape index (κ1) is 12.2. The van der Waals surface area contributed by atoms with Gasteiger partial charge in [-0.25, -0.2) is 9.82 Å². The van der Waals surface area contributed by atoms with Crippen LogP contribution in [0.1, 0.15) is 17.2 Å². The minimum Gasteiger partial charge on any atom is -0.271 e. The van der Waals surface area contributed by atoms with Crippen LogP contribution < -0.4 is 11.3 Å². The largest absolute Gasteiger partial charge is 0.271 e. The highest BCUT2D eigenvalue weighted by Crippen LogP contribution is 2.28. The van der Waals surface area contributed by atoms with E-state index in [0.717, 1.165) is 10.0 Å². The molecule has 0 saturated heterocycles. The van der Waals surface area contributed by atoms with E-state index < -0.39 is 6.04 Å². The van der Waals surface area contributed by atoms with Crippen LogP contribution in [0, 0.1) is 5.82 Å². The van der Waals surface area contributed by atoms with Gasteiger partial charge in [-0.3, -0.25) is 10.8 Å². The minimum absolute atomic E-state index is 0.383. The Morgan fingerprint density at radius 1 is 1.24 bits per heavy atom. The lowest BCUT2D eigenvalue weighted by Crippen LogP contribution is -2.29. The number of hydrogen-bond acceptors (Lipinski definition) is 3. The Bertz CT molecular complexity index is 473. The molecular weight excluding hydrogens is 285 g/mol. The summed E-state index contributed by atoms with van der Waals surface area (Å²) in [4.78, 5) is 3.72. The van der Waals surface area contributed by atoms with E-state index in [4.69, 9.17) is 5.84 Å². The number of benzene rings is 1. The zero-order valence-electron chi connectivity index (χ0n) is 8.90. The van der Waals surface area contributed by atoms with Crippen LogP contribution in [0.15, 0.2) is 47.2 Å². The molecule has 0 fully saturated rings. The van der Waals surface area contributed by atoms with Crippen LogP contribution in [-0.2, 0) is 0 Å². The van der Waals surface area contributed by atoms with Crippen LogP contribution >= 0.6 is 15.9 Å². The summed E-state index contributed by atoms with van der Waals surface area (Å²) in [5, 5.41) is 0. The average molecular weight is 296 g/mol. The van der Waals surface area contributed by atoms with E-state index in [1.54, 1.807) is 12.3 Å². The SMILES string of the molecule is NNC(c1ccncc1F)c1ccccc1Br. The number of hydrazine groups is 1. The number of nitrogens with zero attached hydrogens (tertiary/aromatic N) is 1. The van der Waals surface area contributed by atoms with E-state index in [1.165, 1.54) is 6.20 Å². The van der Waals surface area contributed by atoms with Crippen molar-refractivity contribution in [3.8, 4) is 0 Å². The molecule has 2 aromatic rings. The highest BCUT2D eigenvalue weighted by atomic mass is 79.9. The van der Waals surface area contributed by atoms with Gasteiger partial charge in [-0.05, 0) is 17.7 Å². The zero-order valence-corrected chi connectivity index (χ0v) is 10.5. The van der Waals surface area contributed by atoms with Crippen LogP contribution in [-0.4, -0.2) is 4.98 Å². The van der Waals surface area contributed by atoms with Gasteiger partial charge in [0, 0.05) is 16.2 Å². The topological polar surface area (TPSA) is 50.9 Å². The van der Waals surface area contributed by atoms with E-state index in [9.17, 15) is 4.39 Å². The normalized spacial score (nSPS) is 12.4. The number of pyridine rings is 1. The Balaban J connectivity index is 2.48. The zero-order chi connectivity index (χ0) is 12.3. The molecule has 0 saturated carbocycles. The van der Waals surface area contributed by atoms with Gasteiger partial charge in [-0.2, -0.15) is 0 Å². The lowest BCUT2D eigenvalue weighted by molar-refractivity contribution is 0.555. The molecule has 0 aliphatic heterocycles. The average Bonchev–Trinajstić information content (AvgIpc) is 2.34. The smallest absolute Gasteiger partial charge is 0.146 e. The molecule has 17 heavy (non-hydrogen) atoms. The monoisotopic (exact) mass is 295 g/mol. The second kappa shape index (κ2) is 5.35. The maximum Gasteiger partial charge on any atom is 0.146 e. The molecule has 1 heterocycles. The molecule has 0 radical (unpaired) electrons. The summed E-state index contributed by atoms with van der Waals surface area (Å²) in [5.41, 5.74) is 3.96. The van der Waals surface area contributed by atoms with Crippen molar-refractivity contribution in [3.05, 3.63) is 64.1 Å². The van der Waals surface area contributed by atoms with Crippen molar-refractivity contribution in [3.63, 3.8) is 0 Å². The molecule has 1 atom stereocenters. The molecule has 0 amide bonds. The van der Waals surface area contributed by atoms with Gasteiger partial charge >= 0.3 is 0 Å². The molecule has 1 aromatic heterocycles. The summed E-state index contributed by atoms with van der Waals surface area (Å²) in [6.45, 7) is 0. The maximum atomic E-state index is 13.7. The number of rotatable bonds is 3. The van der Waals surface area contributed by atoms with Gasteiger partial charge in [0.05, 0.1) is 12.2 Å². The van der Waals surface area contributed by atoms with Gasteiger partial charge in [0.2, 0.25) is 0 Å². The first-order chi connectivity index (χ1) is 8.24. The molecular formula is C12H11BrFN3. The van der Waals surface area contributed by atoms with Crippen molar-refractivity contribution >= 4 is 15.9 Å². The third-order valence-electron chi connectivity index (χ3n) is 2.50. The highest BCUT2D eigenvalue weighted by Gasteiger charge is 2.18. The van der Waals surface area contributed by atoms with E-state index in [-0.39, 0.29) is 5.82 Å². The molecule has 1 aromatic carbocycles. The van der Waals surface area contributed by atoms with Crippen LogP contribution in [0.4, 0.5) is 4.39 Å². The third kappa shape index (κ3) is 2.52. The van der Waals surface area contributed by atoms with Crippen molar-refractivity contribution in [2.75, 3.05) is 0 Å². The van der Waals surface area contributed by atoms with Crippen LogP contribution in [0.25, 0.3) is 0 Å². The summed E-state index contributed by atoms with van der Waals surface area (Å²) in [5.74, 6) is 5.13. The summed E-state index contributed by atoms with van der Waals surface area (Å²) >= 11 is 3.43. The van der Waals surface area contributed by atoms with Crippen molar-refractivity contribution in [2.45, 2.75) is 6.04 Å². The number of halogens is 2. The predicted molar refractivity (Wildman–Crippen MR) is 67.5 cm³/mol. The van der Waals surface area contributed by atoms with E-state index in [1.807, 2.05) is 24.3 Å². The molecule has 0 aliphatic carbocycles. The standard InChI is InChI=1S/C12H11BrFN3/c13-10-4-2-1-3-8(10)12(17-15)9-5-6-16-7-11(9)14/h1-7,12,17H,15H2. The lowest BCUT2D eigenvalue weighted by atomic mass is 10.00. The Morgan fingerprint density at radius 2 is 2.00 bits per heavy atom. The van der Waals surface area contributed by atoms with Crippen molar-refractivity contribution in [1.82, 2.24) is 10.4 Å². The van der Waals surface area contributed by atoms with Gasteiger partial charge in [-0.1, -0.05) is 34.1 Å². The Hall–Kier alpha value is -1.30. The number of nitrogens with two attached hydrogens (primary N) is 1. The molecule has 3 nitrogen and oxygen atoms in total. The molecule has 0 spiro atoms. The van der Waals surface area contributed by atoms with Crippen molar-refractivity contribution in [1.29, 1.82) is 0 Å². The predicted octanol–water partition coefficient (Wildman–Crippen LogP) is 2.54. The number of hydrogen-bond donors (Lipinski definition) is 2. The fourth-order valence-corrected chi connectivity index (χ4v) is 2.19. The van der Waals surface area contributed by atoms with Crippen molar-refractivity contribution < 1.29 is 4.39 Å². The Kier molecular flexibility index (Phi) is 3.83. The Morgan fingerprint density at radius 3 is 2.65 bits per heavy atom. The molecule has 2 rings (SSSR count). The van der Waals surface area contributed by atoms with Crippen LogP contribution in [0.3, 0.4) is 0 Å². The first-order valence-electron chi connectivity index (χ1n) is 5.04. The molecule has 88 valence electrons. The second-order valence-corrected chi connectivity index (χ2v) is 4.37. The van der Waals surface area contributed by atoms with E-state index >= 15 is 0 Å². The van der Waals surface area contributed by atoms with Gasteiger partial charge in [0.1, 0.15) is 5.82 Å². The lowest BCUT2D eigenvalue weighted by Gasteiger charge is -2.18. The van der Waals surface area contributed by atoms with Crippen LogP contribution in [0.2, 0.25) is 0 Å². The summed E-state index contributed by atoms with van der Waals surface area (Å²) in [6.07, 6.45) is 2.72. The highest BCUT2D eigenvalue weighted by molar-refractivity contribution is 9.10. The second-order valence-electron chi connectivity index (χ2n) is 3.52. The molecule has 1 unspecified atom stereocenters. The number of nitrogens with one attached hydrogen (secondary N) is 1. The van der Waals surface area contributed by atoms with Crippen molar-refractivity contribution in [2.24, 2.45) is 5.84 Å². The fraction of sp³-hybridized carbons (Fsp3) is 0.0833. The molecule has 0 aliphatic rings. The van der Waals surface area contributed by atoms with Gasteiger partial charge < -0.3 is 0 Å². The van der Waals surface area contributed by atoms with Gasteiger partial charge in [-0.15, -0.1) is 0 Å². The fourth-order valence-electron chi connectivity index (χ4n) is 1.68. The first-order valence-corrected chi connectivity index (χ1v) is 5.83. The Labute approximate surface area is 107 Å². The molecule has 5 heteroatoms. The van der Waals surface area contributed by atoms with Gasteiger partial charge in [0.15, 0.2) is 0 Å². The minimum atomic E-state index is -0.409. The van der Waals surface area contributed by atoms with E-state index in [2.05, 4.69) is 26.3 Å². The third-order valence-corrected chi connectivity index (χ3v) is 3.22. The maximum absolute atomic E-state index is 13.7.